The zero-order chi connectivity index (χ0) is 30.5. The topological polar surface area (TPSA) is 74.0 Å². The van der Waals surface area contributed by atoms with Crippen LogP contribution in [0.5, 0.6) is 0 Å². The summed E-state index contributed by atoms with van der Waals surface area (Å²) in [7, 11) is 0. The van der Waals surface area contributed by atoms with Gasteiger partial charge in [0, 0.05) is 42.8 Å². The molecular weight excluding hydrogens is 564 g/mol. The van der Waals surface area contributed by atoms with E-state index in [0.717, 1.165) is 18.3 Å². The van der Waals surface area contributed by atoms with Crippen LogP contribution in [0, 0.1) is 24.4 Å². The summed E-state index contributed by atoms with van der Waals surface area (Å²) in [5.74, 6) is -4.70. The van der Waals surface area contributed by atoms with Gasteiger partial charge in [0.2, 0.25) is 0 Å². The standard InChI is InChI=1S/C29H27F6N5O2/c1-15-13-38(17(3)20-10-22(30)24(32)23(31)11-20)8-9-39(15)28(42)21-12-36-40-26(29(33,34)35)16(2)25(37-27(21)40)19-6-4-18(14-41)5-7-19/h4-7,10-12,15,17,41H,8-9,13-14H2,1-3H3/t15-,17-/m1/s1. The van der Waals surface area contributed by atoms with Gasteiger partial charge in [-0.05, 0) is 44.0 Å². The number of amides is 1. The molecule has 1 aliphatic rings. The number of fused-ring (bicyclic) bond motifs is 1. The van der Waals surface area contributed by atoms with Crippen molar-refractivity contribution in [3.63, 3.8) is 0 Å². The van der Waals surface area contributed by atoms with Gasteiger partial charge in [-0.25, -0.2) is 22.7 Å². The van der Waals surface area contributed by atoms with E-state index in [-0.39, 0.29) is 47.7 Å². The molecule has 2 aromatic heterocycles. The van der Waals surface area contributed by atoms with Crippen LogP contribution in [-0.4, -0.2) is 61.1 Å². The molecule has 13 heteroatoms. The van der Waals surface area contributed by atoms with E-state index in [2.05, 4.69) is 10.1 Å². The summed E-state index contributed by atoms with van der Waals surface area (Å²) < 4.78 is 84.5. The minimum absolute atomic E-state index is 0.0271. The van der Waals surface area contributed by atoms with Gasteiger partial charge in [-0.2, -0.15) is 18.3 Å². The minimum Gasteiger partial charge on any atom is -0.392 e. The lowest BCUT2D eigenvalue weighted by Crippen LogP contribution is -2.54. The first kappa shape index (κ1) is 29.5. The average Bonchev–Trinajstić information content (AvgIpc) is 3.37. The number of aromatic nitrogens is 3. The molecule has 5 rings (SSSR count). The normalized spacial score (nSPS) is 17.2. The number of aliphatic hydroxyl groups is 1. The minimum atomic E-state index is -4.80. The van der Waals surface area contributed by atoms with E-state index >= 15 is 0 Å². The van der Waals surface area contributed by atoms with Crippen molar-refractivity contribution < 1.29 is 36.2 Å². The number of carbonyl (C=O) groups excluding carboxylic acids is 1. The highest BCUT2D eigenvalue weighted by molar-refractivity contribution is 6.00. The van der Waals surface area contributed by atoms with Crippen molar-refractivity contribution in [1.29, 1.82) is 0 Å². The summed E-state index contributed by atoms with van der Waals surface area (Å²) in [6.45, 7) is 5.26. The van der Waals surface area contributed by atoms with Crippen LogP contribution in [0.25, 0.3) is 16.9 Å². The summed E-state index contributed by atoms with van der Waals surface area (Å²) in [6.07, 6.45) is -3.73. The second-order valence-corrected chi connectivity index (χ2v) is 10.4. The summed E-state index contributed by atoms with van der Waals surface area (Å²) in [6, 6.07) is 7.20. The first-order chi connectivity index (χ1) is 19.8. The number of hydrogen-bond donors (Lipinski definition) is 1. The fourth-order valence-corrected chi connectivity index (χ4v) is 5.43. The largest absolute Gasteiger partial charge is 0.433 e. The van der Waals surface area contributed by atoms with Gasteiger partial charge >= 0.3 is 6.18 Å². The maximum absolute atomic E-state index is 14.3. The van der Waals surface area contributed by atoms with E-state index in [0.29, 0.717) is 22.2 Å². The molecule has 1 N–H and O–H groups in total. The zero-order valence-electron chi connectivity index (χ0n) is 22.9. The Morgan fingerprint density at radius 1 is 1.10 bits per heavy atom. The molecule has 1 amide bonds. The molecule has 4 aromatic rings. The Kier molecular flexibility index (Phi) is 7.75. The number of benzene rings is 2. The van der Waals surface area contributed by atoms with Gasteiger partial charge in [0.25, 0.3) is 5.91 Å². The van der Waals surface area contributed by atoms with Crippen LogP contribution >= 0.6 is 0 Å². The SMILES string of the molecule is Cc1c(-c2ccc(CO)cc2)nc2c(C(=O)N3CCN([C@H](C)c4cc(F)c(F)c(F)c4)C[C@H]3C)cnn2c1C(F)(F)F. The molecule has 0 unspecified atom stereocenters. The number of rotatable bonds is 5. The maximum Gasteiger partial charge on any atom is 0.433 e. The van der Waals surface area contributed by atoms with E-state index in [1.807, 2.05) is 4.90 Å². The predicted octanol–water partition coefficient (Wildman–Crippen LogP) is 5.54. The van der Waals surface area contributed by atoms with Crippen molar-refractivity contribution in [3.05, 3.63) is 88.0 Å². The average molecular weight is 592 g/mol. The number of halogens is 6. The molecule has 0 saturated carbocycles. The fraction of sp³-hybridized carbons (Fsp3) is 0.345. The van der Waals surface area contributed by atoms with Crippen LogP contribution in [0.3, 0.4) is 0 Å². The fourth-order valence-electron chi connectivity index (χ4n) is 5.43. The van der Waals surface area contributed by atoms with E-state index < -0.39 is 47.3 Å². The highest BCUT2D eigenvalue weighted by atomic mass is 19.4. The lowest BCUT2D eigenvalue weighted by molar-refractivity contribution is -0.143. The zero-order valence-corrected chi connectivity index (χ0v) is 22.9. The second kappa shape index (κ2) is 11.0. The van der Waals surface area contributed by atoms with Crippen molar-refractivity contribution in [2.75, 3.05) is 19.6 Å². The number of aliphatic hydroxyl groups excluding tert-OH is 1. The van der Waals surface area contributed by atoms with Crippen LogP contribution in [0.1, 0.15) is 52.6 Å². The van der Waals surface area contributed by atoms with E-state index in [1.165, 1.54) is 11.8 Å². The Morgan fingerprint density at radius 3 is 2.31 bits per heavy atom. The second-order valence-electron chi connectivity index (χ2n) is 10.4. The third-order valence-electron chi connectivity index (χ3n) is 7.75. The van der Waals surface area contributed by atoms with Crippen molar-refractivity contribution in [2.24, 2.45) is 0 Å². The Morgan fingerprint density at radius 2 is 1.74 bits per heavy atom. The highest BCUT2D eigenvalue weighted by Gasteiger charge is 2.39. The lowest BCUT2D eigenvalue weighted by atomic mass is 10.0. The Bertz CT molecular complexity index is 1630. The van der Waals surface area contributed by atoms with Gasteiger partial charge in [0.15, 0.2) is 28.8 Å². The molecule has 1 aliphatic heterocycles. The Hall–Kier alpha value is -3.97. The van der Waals surface area contributed by atoms with E-state index in [9.17, 15) is 36.2 Å². The molecule has 2 atom stereocenters. The first-order valence-electron chi connectivity index (χ1n) is 13.2. The third-order valence-corrected chi connectivity index (χ3v) is 7.75. The first-order valence-corrected chi connectivity index (χ1v) is 13.2. The van der Waals surface area contributed by atoms with Crippen LogP contribution in [-0.2, 0) is 12.8 Å². The molecule has 2 aromatic carbocycles. The lowest BCUT2D eigenvalue weighted by Gasteiger charge is -2.42. The van der Waals surface area contributed by atoms with Crippen LogP contribution < -0.4 is 0 Å². The number of piperazine rings is 1. The number of carbonyl (C=O) groups is 1. The summed E-state index contributed by atoms with van der Waals surface area (Å²) in [5.41, 5.74) is -0.368. The molecule has 0 radical (unpaired) electrons. The maximum atomic E-state index is 14.3. The molecule has 0 spiro atoms. The monoisotopic (exact) mass is 591 g/mol. The van der Waals surface area contributed by atoms with Gasteiger partial charge in [-0.15, -0.1) is 0 Å². The van der Waals surface area contributed by atoms with Crippen molar-refractivity contribution in [2.45, 2.75) is 45.6 Å². The van der Waals surface area contributed by atoms with E-state index in [4.69, 9.17) is 0 Å². The van der Waals surface area contributed by atoms with Gasteiger partial charge in [0.1, 0.15) is 5.56 Å². The van der Waals surface area contributed by atoms with Crippen molar-refractivity contribution in [1.82, 2.24) is 24.4 Å². The van der Waals surface area contributed by atoms with Crippen LogP contribution in [0.2, 0.25) is 0 Å². The summed E-state index contributed by atoms with van der Waals surface area (Å²) in [5, 5.41) is 13.2. The molecule has 7 nitrogen and oxygen atoms in total. The van der Waals surface area contributed by atoms with Gasteiger partial charge < -0.3 is 10.0 Å². The van der Waals surface area contributed by atoms with Crippen molar-refractivity contribution >= 4 is 11.6 Å². The smallest absolute Gasteiger partial charge is 0.392 e. The Balaban J connectivity index is 1.47. The van der Waals surface area contributed by atoms with Gasteiger partial charge in [0.05, 0.1) is 18.5 Å². The molecule has 1 fully saturated rings. The molecule has 3 heterocycles. The van der Waals surface area contributed by atoms with Gasteiger partial charge in [-0.1, -0.05) is 24.3 Å². The predicted molar refractivity (Wildman–Crippen MR) is 141 cm³/mol. The molecule has 0 aliphatic carbocycles. The highest BCUT2D eigenvalue weighted by Crippen LogP contribution is 2.37. The summed E-state index contributed by atoms with van der Waals surface area (Å²) in [4.78, 5) is 21.5. The number of alkyl halides is 3. The van der Waals surface area contributed by atoms with Crippen LogP contribution in [0.4, 0.5) is 26.3 Å². The van der Waals surface area contributed by atoms with E-state index in [1.54, 1.807) is 38.1 Å². The van der Waals surface area contributed by atoms with Crippen LogP contribution in [0.15, 0.2) is 42.6 Å². The molecule has 222 valence electrons. The Labute approximate surface area is 237 Å². The molecule has 0 bridgehead atoms. The number of nitrogens with zero attached hydrogens (tertiary/aromatic N) is 5. The third kappa shape index (κ3) is 5.22. The van der Waals surface area contributed by atoms with Gasteiger partial charge in [-0.3, -0.25) is 9.69 Å². The van der Waals surface area contributed by atoms with Crippen molar-refractivity contribution in [3.8, 4) is 11.3 Å². The quantitative estimate of drug-likeness (QED) is 0.244. The molecule has 42 heavy (non-hydrogen) atoms. The molecule has 1 saturated heterocycles. The molecular formula is C29H27F6N5O2. The number of hydrogen-bond acceptors (Lipinski definition) is 5. The summed E-state index contributed by atoms with van der Waals surface area (Å²) >= 11 is 0.